The third-order valence-corrected chi connectivity index (χ3v) is 5.17. The maximum Gasteiger partial charge on any atom is 0.293 e. The van der Waals surface area contributed by atoms with Crippen molar-refractivity contribution in [2.24, 2.45) is 0 Å². The zero-order chi connectivity index (χ0) is 16.4. The Morgan fingerprint density at radius 1 is 1.04 bits per heavy atom. The van der Waals surface area contributed by atoms with Crippen LogP contribution in [0.2, 0.25) is 5.02 Å². The quantitative estimate of drug-likeness (QED) is 0.473. The number of halogens is 2. The second-order valence-electron chi connectivity index (χ2n) is 4.95. The molecule has 2 aromatic rings. The molecule has 1 aliphatic heterocycles. The van der Waals surface area contributed by atoms with Gasteiger partial charge in [-0.05, 0) is 75.8 Å². The largest absolute Gasteiger partial charge is 0.293 e. The van der Waals surface area contributed by atoms with Gasteiger partial charge in [-0.1, -0.05) is 35.9 Å². The lowest BCUT2D eigenvalue weighted by atomic mass is 10.2. The van der Waals surface area contributed by atoms with Gasteiger partial charge >= 0.3 is 0 Å². The maximum absolute atomic E-state index is 12.4. The highest BCUT2D eigenvalue weighted by molar-refractivity contribution is 14.1. The molecule has 6 heteroatoms. The summed E-state index contributed by atoms with van der Waals surface area (Å²) in [5, 5.41) is 0.391. The Bertz CT molecular complexity index is 787. The predicted octanol–water partition coefficient (Wildman–Crippen LogP) is 5.18. The zero-order valence-electron chi connectivity index (χ0n) is 11.8. The van der Waals surface area contributed by atoms with Crippen molar-refractivity contribution < 1.29 is 9.59 Å². The Balaban J connectivity index is 1.79. The van der Waals surface area contributed by atoms with Gasteiger partial charge in [0.15, 0.2) is 0 Å². The van der Waals surface area contributed by atoms with E-state index in [4.69, 9.17) is 11.6 Å². The lowest BCUT2D eigenvalue weighted by Crippen LogP contribution is -2.27. The number of imide groups is 1. The van der Waals surface area contributed by atoms with Crippen molar-refractivity contribution in [2.45, 2.75) is 6.54 Å². The van der Waals surface area contributed by atoms with Gasteiger partial charge in [-0.15, -0.1) is 0 Å². The van der Waals surface area contributed by atoms with Crippen LogP contribution < -0.4 is 0 Å². The molecule has 0 radical (unpaired) electrons. The standard InChI is InChI=1S/C17H11ClINO2S/c18-13-5-1-11(2-6-13)9-15-16(21)20(17(22)23-15)10-12-3-7-14(19)8-4-12/h1-9H,10H2/b15-9+. The van der Waals surface area contributed by atoms with Crippen LogP contribution in [0.3, 0.4) is 0 Å². The summed E-state index contributed by atoms with van der Waals surface area (Å²) >= 11 is 9.03. The van der Waals surface area contributed by atoms with Crippen molar-refractivity contribution in [1.29, 1.82) is 0 Å². The molecule has 0 spiro atoms. The first-order valence-corrected chi connectivity index (χ1v) is 9.05. The van der Waals surface area contributed by atoms with Gasteiger partial charge in [-0.3, -0.25) is 14.5 Å². The number of thioether (sulfide) groups is 1. The number of hydrogen-bond donors (Lipinski definition) is 0. The van der Waals surface area contributed by atoms with Crippen molar-refractivity contribution in [3.05, 3.63) is 73.2 Å². The van der Waals surface area contributed by atoms with Gasteiger partial charge in [0.2, 0.25) is 0 Å². The number of rotatable bonds is 3. The second kappa shape index (κ2) is 7.07. The van der Waals surface area contributed by atoms with Crippen LogP contribution in [-0.2, 0) is 11.3 Å². The molecular formula is C17H11ClINO2S. The lowest BCUT2D eigenvalue weighted by Gasteiger charge is -2.12. The first kappa shape index (κ1) is 16.5. The summed E-state index contributed by atoms with van der Waals surface area (Å²) in [6, 6.07) is 14.9. The zero-order valence-corrected chi connectivity index (χ0v) is 15.6. The van der Waals surface area contributed by atoms with Crippen LogP contribution in [0.15, 0.2) is 53.4 Å². The molecule has 1 aliphatic rings. The summed E-state index contributed by atoms with van der Waals surface area (Å²) in [6.07, 6.45) is 1.72. The van der Waals surface area contributed by atoms with E-state index in [1.165, 1.54) is 4.90 Å². The van der Waals surface area contributed by atoms with E-state index in [-0.39, 0.29) is 11.1 Å². The van der Waals surface area contributed by atoms with Crippen LogP contribution in [0.1, 0.15) is 11.1 Å². The highest BCUT2D eigenvalue weighted by atomic mass is 127. The summed E-state index contributed by atoms with van der Waals surface area (Å²) in [7, 11) is 0. The molecule has 1 heterocycles. The minimum absolute atomic E-state index is 0.242. The molecule has 0 unspecified atom stereocenters. The van der Waals surface area contributed by atoms with Crippen LogP contribution in [0.25, 0.3) is 6.08 Å². The average Bonchev–Trinajstić information content (AvgIpc) is 2.79. The van der Waals surface area contributed by atoms with Gasteiger partial charge in [0.1, 0.15) is 0 Å². The molecule has 1 fully saturated rings. The van der Waals surface area contributed by atoms with Crippen molar-refractivity contribution >= 4 is 63.2 Å². The first-order chi connectivity index (χ1) is 11.0. The van der Waals surface area contributed by atoms with E-state index in [2.05, 4.69) is 22.6 Å². The van der Waals surface area contributed by atoms with E-state index < -0.39 is 0 Å². The van der Waals surface area contributed by atoms with E-state index in [1.54, 1.807) is 18.2 Å². The van der Waals surface area contributed by atoms with Gasteiger partial charge < -0.3 is 0 Å². The molecular weight excluding hydrogens is 445 g/mol. The predicted molar refractivity (Wildman–Crippen MR) is 102 cm³/mol. The van der Waals surface area contributed by atoms with Gasteiger partial charge in [0.25, 0.3) is 11.1 Å². The average molecular weight is 456 g/mol. The SMILES string of the molecule is O=C1S/C(=C/c2ccc(Cl)cc2)C(=O)N1Cc1ccc(I)cc1. The number of hydrogen-bond acceptors (Lipinski definition) is 3. The first-order valence-electron chi connectivity index (χ1n) is 6.78. The smallest absolute Gasteiger partial charge is 0.268 e. The van der Waals surface area contributed by atoms with Crippen molar-refractivity contribution in [1.82, 2.24) is 4.90 Å². The van der Waals surface area contributed by atoms with Crippen molar-refractivity contribution in [3.63, 3.8) is 0 Å². The topological polar surface area (TPSA) is 37.4 Å². The molecule has 23 heavy (non-hydrogen) atoms. The van der Waals surface area contributed by atoms with Crippen LogP contribution in [0.5, 0.6) is 0 Å². The molecule has 2 amide bonds. The normalized spacial score (nSPS) is 16.4. The molecule has 116 valence electrons. The Morgan fingerprint density at radius 2 is 1.70 bits per heavy atom. The van der Waals surface area contributed by atoms with Gasteiger partial charge in [-0.25, -0.2) is 0 Å². The van der Waals surface area contributed by atoms with Gasteiger partial charge in [0, 0.05) is 8.59 Å². The fourth-order valence-corrected chi connectivity index (χ4v) is 3.44. The molecule has 0 bridgehead atoms. The highest BCUT2D eigenvalue weighted by Gasteiger charge is 2.34. The van der Waals surface area contributed by atoms with Crippen LogP contribution in [0.4, 0.5) is 4.79 Å². The van der Waals surface area contributed by atoms with Crippen molar-refractivity contribution in [2.75, 3.05) is 0 Å². The number of nitrogens with zero attached hydrogens (tertiary/aromatic N) is 1. The number of benzene rings is 2. The molecule has 0 atom stereocenters. The van der Waals surface area contributed by atoms with Crippen LogP contribution in [0, 0.1) is 3.57 Å². The van der Waals surface area contributed by atoms with Crippen LogP contribution >= 0.6 is 46.0 Å². The number of carbonyl (C=O) groups excluding carboxylic acids is 2. The Labute approximate surface area is 156 Å². The Kier molecular flexibility index (Phi) is 5.08. The number of carbonyl (C=O) groups is 2. The molecule has 3 nitrogen and oxygen atoms in total. The van der Waals surface area contributed by atoms with E-state index >= 15 is 0 Å². The molecule has 0 aliphatic carbocycles. The van der Waals surface area contributed by atoms with E-state index in [1.807, 2.05) is 36.4 Å². The molecule has 2 aromatic carbocycles. The minimum Gasteiger partial charge on any atom is -0.268 e. The van der Waals surface area contributed by atoms with E-state index in [9.17, 15) is 9.59 Å². The molecule has 0 N–H and O–H groups in total. The van der Waals surface area contributed by atoms with Crippen LogP contribution in [-0.4, -0.2) is 16.0 Å². The van der Waals surface area contributed by atoms with E-state index in [0.717, 1.165) is 26.5 Å². The minimum atomic E-state index is -0.256. The summed E-state index contributed by atoms with van der Waals surface area (Å²) in [4.78, 5) is 26.3. The lowest BCUT2D eigenvalue weighted by molar-refractivity contribution is -0.123. The number of amides is 2. The Hall–Kier alpha value is -1.31. The fourth-order valence-electron chi connectivity index (χ4n) is 2.12. The third kappa shape index (κ3) is 3.97. The highest BCUT2D eigenvalue weighted by Crippen LogP contribution is 2.33. The Morgan fingerprint density at radius 3 is 2.35 bits per heavy atom. The fraction of sp³-hybridized carbons (Fsp3) is 0.0588. The maximum atomic E-state index is 12.4. The molecule has 1 saturated heterocycles. The summed E-state index contributed by atoms with van der Waals surface area (Å²) in [6.45, 7) is 0.291. The molecule has 0 saturated carbocycles. The molecule has 0 aromatic heterocycles. The summed E-state index contributed by atoms with van der Waals surface area (Å²) in [5.74, 6) is -0.256. The summed E-state index contributed by atoms with van der Waals surface area (Å²) in [5.41, 5.74) is 1.77. The van der Waals surface area contributed by atoms with Gasteiger partial charge in [0.05, 0.1) is 11.4 Å². The summed E-state index contributed by atoms with van der Waals surface area (Å²) < 4.78 is 1.11. The van der Waals surface area contributed by atoms with Crippen molar-refractivity contribution in [3.8, 4) is 0 Å². The molecule has 3 rings (SSSR count). The second-order valence-corrected chi connectivity index (χ2v) is 7.62. The monoisotopic (exact) mass is 455 g/mol. The third-order valence-electron chi connectivity index (χ3n) is 3.30. The van der Waals surface area contributed by atoms with E-state index in [0.29, 0.717) is 16.5 Å². The van der Waals surface area contributed by atoms with Gasteiger partial charge in [-0.2, -0.15) is 0 Å².